The molecule has 2 aromatic carbocycles. The fourth-order valence-electron chi connectivity index (χ4n) is 2.94. The first-order valence-corrected chi connectivity index (χ1v) is 12.6. The first-order valence-electron chi connectivity index (χ1n) is 9.19. The van der Waals surface area contributed by atoms with Crippen molar-refractivity contribution in [3.63, 3.8) is 0 Å². The van der Waals surface area contributed by atoms with Crippen molar-refractivity contribution in [2.75, 3.05) is 0 Å². The summed E-state index contributed by atoms with van der Waals surface area (Å²) in [6, 6.07) is 23.6. The van der Waals surface area contributed by atoms with Gasteiger partial charge in [-0.1, -0.05) is 48.0 Å². The number of aromatic nitrogens is 1. The van der Waals surface area contributed by atoms with Crippen LogP contribution in [0.4, 0.5) is 0 Å². The second kappa shape index (κ2) is 7.98. The molecule has 0 spiro atoms. The van der Waals surface area contributed by atoms with E-state index in [2.05, 4.69) is 110 Å². The summed E-state index contributed by atoms with van der Waals surface area (Å²) in [7, 11) is -1.69. The largest absolute Gasteiger partial charge is 0.360 e. The summed E-state index contributed by atoms with van der Waals surface area (Å²) < 4.78 is 8.69. The molecule has 0 saturated heterocycles. The Hall–Kier alpha value is -2.23. The zero-order chi connectivity index (χ0) is 18.6. The van der Waals surface area contributed by atoms with Gasteiger partial charge in [0.15, 0.2) is 20.7 Å². The van der Waals surface area contributed by atoms with Crippen LogP contribution in [-0.4, -0.2) is 8.32 Å². The van der Waals surface area contributed by atoms with E-state index in [0.717, 1.165) is 6.42 Å². The molecule has 0 aliphatic rings. The van der Waals surface area contributed by atoms with E-state index in [0.29, 0.717) is 0 Å². The first kappa shape index (κ1) is 18.6. The summed E-state index contributed by atoms with van der Waals surface area (Å²) in [5.74, 6) is 0. The van der Waals surface area contributed by atoms with Crippen LogP contribution in [0, 0.1) is 6.92 Å². The summed E-state index contributed by atoms with van der Waals surface area (Å²) in [5, 5.41) is 0. The predicted molar refractivity (Wildman–Crippen MR) is 110 cm³/mol. The zero-order valence-electron chi connectivity index (χ0n) is 16.1. The molecule has 0 saturated carbocycles. The van der Waals surface area contributed by atoms with Crippen LogP contribution in [0.3, 0.4) is 0 Å². The highest BCUT2D eigenvalue weighted by Gasteiger charge is 2.28. The average molecular weight is 363 g/mol. The van der Waals surface area contributed by atoms with E-state index in [1.165, 1.54) is 22.3 Å². The van der Waals surface area contributed by atoms with E-state index in [9.17, 15) is 0 Å². The van der Waals surface area contributed by atoms with E-state index in [4.69, 9.17) is 4.43 Å². The summed E-state index contributed by atoms with van der Waals surface area (Å²) in [6.45, 7) is 8.82. The molecule has 1 heterocycles. The van der Waals surface area contributed by atoms with Crippen molar-refractivity contribution in [2.45, 2.75) is 39.2 Å². The van der Waals surface area contributed by atoms with Crippen LogP contribution in [0.5, 0.6) is 0 Å². The van der Waals surface area contributed by atoms with Gasteiger partial charge in [0.05, 0.1) is 0 Å². The van der Waals surface area contributed by atoms with Crippen LogP contribution < -0.4 is 4.57 Å². The van der Waals surface area contributed by atoms with Gasteiger partial charge in [0, 0.05) is 17.7 Å². The van der Waals surface area contributed by atoms with Crippen LogP contribution >= 0.6 is 0 Å². The lowest BCUT2D eigenvalue weighted by Gasteiger charge is -2.23. The van der Waals surface area contributed by atoms with E-state index in [1.54, 1.807) is 0 Å². The Bertz CT molecular complexity index is 821. The van der Waals surface area contributed by atoms with Gasteiger partial charge in [-0.15, -0.1) is 0 Å². The summed E-state index contributed by atoms with van der Waals surface area (Å²) in [4.78, 5) is 0. The van der Waals surface area contributed by atoms with Crippen LogP contribution in [0.2, 0.25) is 19.6 Å². The number of benzene rings is 2. The van der Waals surface area contributed by atoms with E-state index >= 15 is 0 Å². The number of aryl methyl sites for hydroxylation is 1. The van der Waals surface area contributed by atoms with Gasteiger partial charge in [0.1, 0.15) is 0 Å². The van der Waals surface area contributed by atoms with Crippen molar-refractivity contribution in [1.29, 1.82) is 0 Å². The maximum absolute atomic E-state index is 6.51. The van der Waals surface area contributed by atoms with Gasteiger partial charge in [-0.25, -0.2) is 0 Å². The van der Waals surface area contributed by atoms with Crippen molar-refractivity contribution in [3.05, 3.63) is 101 Å². The Morgan fingerprint density at radius 2 is 1.38 bits per heavy atom. The van der Waals surface area contributed by atoms with Crippen LogP contribution in [0.15, 0.2) is 79.1 Å². The second-order valence-corrected chi connectivity index (χ2v) is 12.3. The standard InChI is InChI=1S/C23H28NOSi/c1-19-10-12-22(13-11-19)23(25-26(2,3)4)24-16-14-21(15-17-24)18-20-8-6-5-7-9-20/h5-17,23H,18H2,1-4H3/q+1. The first-order chi connectivity index (χ1) is 12.4. The third-order valence-corrected chi connectivity index (χ3v) is 5.20. The highest BCUT2D eigenvalue weighted by Crippen LogP contribution is 2.20. The minimum atomic E-state index is -1.69. The monoisotopic (exact) mass is 362 g/mol. The normalized spacial score (nSPS) is 12.8. The highest BCUT2D eigenvalue weighted by atomic mass is 28.4. The second-order valence-electron chi connectivity index (χ2n) is 7.81. The summed E-state index contributed by atoms with van der Waals surface area (Å²) in [6.07, 6.45) is 5.16. The minimum Gasteiger partial charge on any atom is -0.360 e. The molecule has 0 N–H and O–H groups in total. The smallest absolute Gasteiger partial charge is 0.280 e. The number of hydrogen-bond donors (Lipinski definition) is 0. The molecule has 0 bridgehead atoms. The van der Waals surface area contributed by atoms with Gasteiger partial charge in [0.25, 0.3) is 6.23 Å². The average Bonchev–Trinajstić information content (AvgIpc) is 2.61. The van der Waals surface area contributed by atoms with E-state index in [-0.39, 0.29) is 6.23 Å². The molecule has 3 heteroatoms. The van der Waals surface area contributed by atoms with Gasteiger partial charge in [-0.2, -0.15) is 4.57 Å². The molecule has 1 aromatic heterocycles. The van der Waals surface area contributed by atoms with Crippen molar-refractivity contribution < 1.29 is 8.99 Å². The molecule has 0 fully saturated rings. The van der Waals surface area contributed by atoms with Gasteiger partial charge in [-0.3, -0.25) is 0 Å². The lowest BCUT2D eigenvalue weighted by atomic mass is 10.1. The molecular weight excluding hydrogens is 334 g/mol. The van der Waals surface area contributed by atoms with Crippen LogP contribution in [0.1, 0.15) is 28.5 Å². The molecule has 1 atom stereocenters. The van der Waals surface area contributed by atoms with Crippen molar-refractivity contribution in [2.24, 2.45) is 0 Å². The molecule has 1 unspecified atom stereocenters. The van der Waals surface area contributed by atoms with Crippen molar-refractivity contribution in [1.82, 2.24) is 0 Å². The lowest BCUT2D eigenvalue weighted by molar-refractivity contribution is -0.745. The Kier molecular flexibility index (Phi) is 5.69. The number of nitrogens with zero attached hydrogens (tertiary/aromatic N) is 1. The van der Waals surface area contributed by atoms with E-state index in [1.807, 2.05) is 0 Å². The Morgan fingerprint density at radius 1 is 0.808 bits per heavy atom. The zero-order valence-corrected chi connectivity index (χ0v) is 17.1. The fraction of sp³-hybridized carbons (Fsp3) is 0.261. The molecule has 0 aliphatic carbocycles. The lowest BCUT2D eigenvalue weighted by Crippen LogP contribution is -2.46. The number of rotatable bonds is 6. The topological polar surface area (TPSA) is 13.1 Å². The molecule has 3 aromatic rings. The molecule has 0 aliphatic heterocycles. The molecular formula is C23H28NOSi+. The third-order valence-electron chi connectivity index (χ3n) is 4.27. The molecule has 26 heavy (non-hydrogen) atoms. The number of pyridine rings is 1. The fourth-order valence-corrected chi connectivity index (χ4v) is 3.87. The third kappa shape index (κ3) is 5.13. The Balaban J connectivity index is 1.85. The van der Waals surface area contributed by atoms with Crippen LogP contribution in [0.25, 0.3) is 0 Å². The number of hydrogen-bond acceptors (Lipinski definition) is 1. The maximum atomic E-state index is 6.51. The maximum Gasteiger partial charge on any atom is 0.280 e. The summed E-state index contributed by atoms with van der Waals surface area (Å²) in [5.41, 5.74) is 5.10. The van der Waals surface area contributed by atoms with Crippen LogP contribution in [-0.2, 0) is 10.8 Å². The molecule has 0 amide bonds. The molecule has 134 valence electrons. The van der Waals surface area contributed by atoms with E-state index < -0.39 is 8.32 Å². The summed E-state index contributed by atoms with van der Waals surface area (Å²) >= 11 is 0. The molecule has 0 radical (unpaired) electrons. The quantitative estimate of drug-likeness (QED) is 0.430. The van der Waals surface area contributed by atoms with Gasteiger partial charge >= 0.3 is 0 Å². The molecule has 3 rings (SSSR count). The van der Waals surface area contributed by atoms with Gasteiger partial charge in [0.2, 0.25) is 0 Å². The highest BCUT2D eigenvalue weighted by molar-refractivity contribution is 6.69. The predicted octanol–water partition coefficient (Wildman–Crippen LogP) is 5.27. The van der Waals surface area contributed by atoms with Gasteiger partial charge in [-0.05, 0) is 56.2 Å². The Labute approximate surface area is 158 Å². The van der Waals surface area contributed by atoms with Crippen molar-refractivity contribution >= 4 is 8.32 Å². The minimum absolute atomic E-state index is 0.0759. The molecule has 2 nitrogen and oxygen atoms in total. The van der Waals surface area contributed by atoms with Crippen molar-refractivity contribution in [3.8, 4) is 0 Å². The van der Waals surface area contributed by atoms with Gasteiger partial charge < -0.3 is 4.43 Å². The Morgan fingerprint density at radius 3 is 1.96 bits per heavy atom. The SMILES string of the molecule is Cc1ccc(C(O[Si](C)(C)C)[n+]2ccc(Cc3ccccc3)cc2)cc1.